The summed E-state index contributed by atoms with van der Waals surface area (Å²) in [7, 11) is 0. The van der Waals surface area contributed by atoms with Gasteiger partial charge in [-0.2, -0.15) is 0 Å². The number of hydrogen-bond donors (Lipinski definition) is 1. The highest BCUT2D eigenvalue weighted by molar-refractivity contribution is 5.68. The zero-order chi connectivity index (χ0) is 17.6. The Balaban J connectivity index is 2.52. The highest BCUT2D eigenvalue weighted by Crippen LogP contribution is 2.12. The van der Waals surface area contributed by atoms with Crippen molar-refractivity contribution in [2.75, 3.05) is 13.1 Å². The van der Waals surface area contributed by atoms with Gasteiger partial charge in [-0.1, -0.05) is 0 Å². The molecule has 1 N–H and O–H groups in total. The molecule has 1 rings (SSSR count). The van der Waals surface area contributed by atoms with Gasteiger partial charge in [-0.25, -0.2) is 9.18 Å². The van der Waals surface area contributed by atoms with Crippen LogP contribution in [0.25, 0.3) is 0 Å². The third kappa shape index (κ3) is 6.95. The van der Waals surface area contributed by atoms with E-state index in [-0.39, 0.29) is 24.0 Å². The molecule has 0 spiro atoms. The first-order valence-corrected chi connectivity index (χ1v) is 7.94. The minimum Gasteiger partial charge on any atom is -0.444 e. The lowest BCUT2D eigenvalue weighted by Gasteiger charge is -2.30. The molecule has 1 unspecified atom stereocenters. The first-order chi connectivity index (χ1) is 10.6. The summed E-state index contributed by atoms with van der Waals surface area (Å²) >= 11 is 0. The number of ether oxygens (including phenoxy) is 1. The van der Waals surface area contributed by atoms with Crippen LogP contribution in [-0.4, -0.2) is 40.7 Å². The Hall–Kier alpha value is -1.69. The molecule has 1 heterocycles. The van der Waals surface area contributed by atoms with Crippen molar-refractivity contribution in [3.8, 4) is 0 Å². The largest absolute Gasteiger partial charge is 0.444 e. The third-order valence-corrected chi connectivity index (χ3v) is 3.25. The summed E-state index contributed by atoms with van der Waals surface area (Å²) in [6.45, 7) is 12.5. The van der Waals surface area contributed by atoms with Crippen molar-refractivity contribution >= 4 is 6.09 Å². The Bertz CT molecular complexity index is 498. The number of aromatic nitrogens is 1. The number of pyridine rings is 1. The summed E-state index contributed by atoms with van der Waals surface area (Å²) < 4.78 is 18.3. The average Bonchev–Trinajstić information content (AvgIpc) is 2.41. The standard InChI is InChI=1S/C17H28FN3O2/c1-12(2)21(16(22)23-17(4,5)6)10-9-19-13(3)15-8-7-14(18)11-20-15/h7-8,11-13,19H,9-10H2,1-6H3. The van der Waals surface area contributed by atoms with E-state index < -0.39 is 5.60 Å². The van der Waals surface area contributed by atoms with Gasteiger partial charge in [0.2, 0.25) is 0 Å². The molecular weight excluding hydrogens is 297 g/mol. The molecule has 1 amide bonds. The number of halogens is 1. The van der Waals surface area contributed by atoms with Crippen molar-refractivity contribution < 1.29 is 13.9 Å². The van der Waals surface area contributed by atoms with E-state index in [2.05, 4.69) is 10.3 Å². The van der Waals surface area contributed by atoms with E-state index in [4.69, 9.17) is 4.74 Å². The first-order valence-electron chi connectivity index (χ1n) is 7.94. The lowest BCUT2D eigenvalue weighted by Crippen LogP contribution is -2.44. The highest BCUT2D eigenvalue weighted by Gasteiger charge is 2.23. The summed E-state index contributed by atoms with van der Waals surface area (Å²) in [5.41, 5.74) is 0.253. The fourth-order valence-corrected chi connectivity index (χ4v) is 2.03. The molecule has 23 heavy (non-hydrogen) atoms. The van der Waals surface area contributed by atoms with Crippen LogP contribution in [0.4, 0.5) is 9.18 Å². The number of amides is 1. The van der Waals surface area contributed by atoms with Crippen molar-refractivity contribution in [2.45, 2.75) is 59.2 Å². The van der Waals surface area contributed by atoms with E-state index in [0.29, 0.717) is 13.1 Å². The molecular formula is C17H28FN3O2. The van der Waals surface area contributed by atoms with Crippen LogP contribution in [0.15, 0.2) is 18.3 Å². The van der Waals surface area contributed by atoms with Gasteiger partial charge in [-0.3, -0.25) is 4.98 Å². The van der Waals surface area contributed by atoms with Gasteiger partial charge in [0.15, 0.2) is 0 Å². The number of carbonyl (C=O) groups excluding carboxylic acids is 1. The number of nitrogens with zero attached hydrogens (tertiary/aromatic N) is 2. The van der Waals surface area contributed by atoms with Crippen LogP contribution in [0.5, 0.6) is 0 Å². The van der Waals surface area contributed by atoms with Crippen molar-refractivity contribution in [3.63, 3.8) is 0 Å². The number of rotatable bonds is 6. The number of carbonyl (C=O) groups is 1. The molecule has 130 valence electrons. The summed E-state index contributed by atoms with van der Waals surface area (Å²) in [4.78, 5) is 17.9. The Morgan fingerprint density at radius 3 is 2.48 bits per heavy atom. The molecule has 1 aromatic heterocycles. The van der Waals surface area contributed by atoms with Crippen LogP contribution in [-0.2, 0) is 4.74 Å². The first kappa shape index (κ1) is 19.4. The van der Waals surface area contributed by atoms with Gasteiger partial charge in [0.05, 0.1) is 11.9 Å². The molecule has 0 saturated carbocycles. The third-order valence-electron chi connectivity index (χ3n) is 3.25. The minimum atomic E-state index is -0.511. The molecule has 0 aliphatic rings. The Morgan fingerprint density at radius 1 is 1.35 bits per heavy atom. The SMILES string of the molecule is CC(NCCN(C(=O)OC(C)(C)C)C(C)C)c1ccc(F)cn1. The summed E-state index contributed by atoms with van der Waals surface area (Å²) in [5.74, 6) is -0.350. The number of nitrogens with one attached hydrogen (secondary N) is 1. The topological polar surface area (TPSA) is 54.5 Å². The Labute approximate surface area is 138 Å². The predicted octanol–water partition coefficient (Wildman–Crippen LogP) is 3.52. The molecule has 0 bridgehead atoms. The van der Waals surface area contributed by atoms with Crippen LogP contribution < -0.4 is 5.32 Å². The average molecular weight is 325 g/mol. The fraction of sp³-hybridized carbons (Fsp3) is 0.647. The molecule has 0 fully saturated rings. The van der Waals surface area contributed by atoms with Crippen molar-refractivity contribution in [3.05, 3.63) is 29.8 Å². The van der Waals surface area contributed by atoms with E-state index in [1.165, 1.54) is 12.3 Å². The summed E-state index contributed by atoms with van der Waals surface area (Å²) in [6, 6.07) is 3.07. The quantitative estimate of drug-likeness (QED) is 0.869. The zero-order valence-corrected chi connectivity index (χ0v) is 14.9. The van der Waals surface area contributed by atoms with Gasteiger partial charge in [0.1, 0.15) is 11.4 Å². The maximum Gasteiger partial charge on any atom is 0.410 e. The van der Waals surface area contributed by atoms with Crippen molar-refractivity contribution in [2.24, 2.45) is 0 Å². The molecule has 0 saturated heterocycles. The maximum absolute atomic E-state index is 12.9. The molecule has 5 nitrogen and oxygen atoms in total. The number of hydrogen-bond acceptors (Lipinski definition) is 4. The van der Waals surface area contributed by atoms with Gasteiger partial charge in [-0.05, 0) is 53.7 Å². The van der Waals surface area contributed by atoms with Gasteiger partial charge >= 0.3 is 6.09 Å². The van der Waals surface area contributed by atoms with Gasteiger partial charge in [0, 0.05) is 25.2 Å². The Morgan fingerprint density at radius 2 is 2.00 bits per heavy atom. The van der Waals surface area contributed by atoms with Crippen molar-refractivity contribution in [1.82, 2.24) is 15.2 Å². The smallest absolute Gasteiger partial charge is 0.410 e. The molecule has 6 heteroatoms. The van der Waals surface area contributed by atoms with Gasteiger partial charge in [-0.15, -0.1) is 0 Å². The molecule has 1 atom stereocenters. The van der Waals surface area contributed by atoms with Crippen LogP contribution in [0.2, 0.25) is 0 Å². The van der Waals surface area contributed by atoms with Gasteiger partial charge in [0.25, 0.3) is 0 Å². The second-order valence-electron chi connectivity index (χ2n) is 6.84. The van der Waals surface area contributed by atoms with Gasteiger partial charge < -0.3 is 15.0 Å². The van der Waals surface area contributed by atoms with Crippen LogP contribution >= 0.6 is 0 Å². The van der Waals surface area contributed by atoms with E-state index in [0.717, 1.165) is 5.69 Å². The monoisotopic (exact) mass is 325 g/mol. The second kappa shape index (κ2) is 8.24. The molecule has 0 radical (unpaired) electrons. The maximum atomic E-state index is 12.9. The van der Waals surface area contributed by atoms with E-state index in [1.807, 2.05) is 41.5 Å². The van der Waals surface area contributed by atoms with Crippen LogP contribution in [0.1, 0.15) is 53.3 Å². The zero-order valence-electron chi connectivity index (χ0n) is 14.9. The lowest BCUT2D eigenvalue weighted by molar-refractivity contribution is 0.0192. The minimum absolute atomic E-state index is 0.0248. The van der Waals surface area contributed by atoms with E-state index >= 15 is 0 Å². The lowest BCUT2D eigenvalue weighted by atomic mass is 10.2. The molecule has 0 aromatic carbocycles. The van der Waals surface area contributed by atoms with E-state index in [9.17, 15) is 9.18 Å². The second-order valence-corrected chi connectivity index (χ2v) is 6.84. The van der Waals surface area contributed by atoms with E-state index in [1.54, 1.807) is 11.0 Å². The van der Waals surface area contributed by atoms with Crippen LogP contribution in [0, 0.1) is 5.82 Å². The molecule has 0 aliphatic carbocycles. The predicted molar refractivity (Wildman–Crippen MR) is 88.7 cm³/mol. The summed E-state index contributed by atoms with van der Waals surface area (Å²) in [5, 5.41) is 3.29. The fourth-order valence-electron chi connectivity index (χ4n) is 2.03. The Kier molecular flexibility index (Phi) is 6.94. The summed E-state index contributed by atoms with van der Waals surface area (Å²) in [6.07, 6.45) is 0.885. The van der Waals surface area contributed by atoms with Crippen molar-refractivity contribution in [1.29, 1.82) is 0 Å². The normalized spacial score (nSPS) is 13.0. The van der Waals surface area contributed by atoms with Crippen LogP contribution in [0.3, 0.4) is 0 Å². The molecule has 0 aliphatic heterocycles. The molecule has 1 aromatic rings. The highest BCUT2D eigenvalue weighted by atomic mass is 19.1.